The zero-order valence-corrected chi connectivity index (χ0v) is 13.5. The van der Waals surface area contributed by atoms with E-state index >= 15 is 0 Å². The van der Waals surface area contributed by atoms with Crippen LogP contribution in [0.3, 0.4) is 0 Å². The summed E-state index contributed by atoms with van der Waals surface area (Å²) in [6.07, 6.45) is 0. The smallest absolute Gasteiger partial charge is 0.244 e. The van der Waals surface area contributed by atoms with E-state index < -0.39 is 10.0 Å². The first-order chi connectivity index (χ1) is 8.93. The number of thiophene rings is 1. The van der Waals surface area contributed by atoms with Gasteiger partial charge >= 0.3 is 0 Å². The van der Waals surface area contributed by atoms with Crippen LogP contribution in [0, 0.1) is 6.92 Å². The third-order valence-corrected chi connectivity index (χ3v) is 5.88. The highest BCUT2D eigenvalue weighted by molar-refractivity contribution is 7.89. The summed E-state index contributed by atoms with van der Waals surface area (Å²) in [4.78, 5) is 2.26. The predicted octanol–water partition coefficient (Wildman–Crippen LogP) is 1.43. The van der Waals surface area contributed by atoms with Gasteiger partial charge < -0.3 is 10.1 Å². The lowest BCUT2D eigenvalue weighted by atomic mass is 10.4. The number of nitrogens with zero attached hydrogens (tertiary/aromatic N) is 1. The Balaban J connectivity index is 2.86. The topological polar surface area (TPSA) is 58.6 Å². The molecule has 0 atom stereocenters. The van der Waals surface area contributed by atoms with E-state index in [0.717, 1.165) is 9.75 Å². The van der Waals surface area contributed by atoms with Crippen LogP contribution in [0.4, 0.5) is 0 Å². The molecule has 0 fully saturated rings. The van der Waals surface area contributed by atoms with E-state index in [1.807, 2.05) is 20.9 Å². The molecule has 110 valence electrons. The van der Waals surface area contributed by atoms with Gasteiger partial charge in [0.15, 0.2) is 0 Å². The molecule has 1 aromatic heterocycles. The minimum absolute atomic E-state index is 0.368. The fraction of sp³-hybridized carbons (Fsp3) is 0.667. The van der Waals surface area contributed by atoms with Gasteiger partial charge in [0.2, 0.25) is 10.0 Å². The molecule has 0 aliphatic rings. The first-order valence-corrected chi connectivity index (χ1v) is 8.47. The number of aryl methyl sites for hydroxylation is 1. The normalized spacial score (nSPS) is 12.3. The van der Waals surface area contributed by atoms with Gasteiger partial charge in [-0.25, -0.2) is 8.42 Å². The van der Waals surface area contributed by atoms with Crippen molar-refractivity contribution in [1.82, 2.24) is 9.62 Å². The maximum Gasteiger partial charge on any atom is 0.244 e. The highest BCUT2D eigenvalue weighted by Crippen LogP contribution is 2.27. The Morgan fingerprint density at radius 3 is 2.74 bits per heavy atom. The Hall–Kier alpha value is -0.470. The molecule has 0 saturated carbocycles. The summed E-state index contributed by atoms with van der Waals surface area (Å²) in [6, 6.07) is 1.75. The number of sulfonamides is 1. The average molecular weight is 306 g/mol. The molecule has 0 saturated heterocycles. The van der Waals surface area contributed by atoms with Crippen molar-refractivity contribution < 1.29 is 13.2 Å². The maximum atomic E-state index is 12.4. The monoisotopic (exact) mass is 306 g/mol. The number of ether oxygens (including phenoxy) is 1. The average Bonchev–Trinajstić information content (AvgIpc) is 2.71. The van der Waals surface area contributed by atoms with Crippen molar-refractivity contribution in [3.05, 3.63) is 15.8 Å². The SMILES string of the molecule is CCOCCN(C)S(=O)(=O)c1cc(CNC)sc1C. The summed E-state index contributed by atoms with van der Waals surface area (Å²) in [5.74, 6) is 0. The third-order valence-electron chi connectivity index (χ3n) is 2.72. The van der Waals surface area contributed by atoms with Crippen LogP contribution < -0.4 is 5.32 Å². The van der Waals surface area contributed by atoms with Gasteiger partial charge in [-0.2, -0.15) is 4.31 Å². The largest absolute Gasteiger partial charge is 0.380 e. The lowest BCUT2D eigenvalue weighted by molar-refractivity contribution is 0.138. The molecular weight excluding hydrogens is 284 g/mol. The molecule has 0 aliphatic heterocycles. The highest BCUT2D eigenvalue weighted by atomic mass is 32.2. The van der Waals surface area contributed by atoms with Crippen LogP contribution in [0.15, 0.2) is 11.0 Å². The molecule has 0 radical (unpaired) electrons. The minimum Gasteiger partial charge on any atom is -0.380 e. The predicted molar refractivity (Wildman–Crippen MR) is 78.1 cm³/mol. The van der Waals surface area contributed by atoms with Crippen molar-refractivity contribution in [3.63, 3.8) is 0 Å². The fourth-order valence-electron chi connectivity index (χ4n) is 1.67. The Morgan fingerprint density at radius 2 is 2.16 bits per heavy atom. The second-order valence-electron chi connectivity index (χ2n) is 4.19. The summed E-state index contributed by atoms with van der Waals surface area (Å²) >= 11 is 1.51. The van der Waals surface area contributed by atoms with E-state index in [1.165, 1.54) is 15.6 Å². The molecule has 0 unspecified atom stereocenters. The van der Waals surface area contributed by atoms with Crippen molar-refractivity contribution in [2.45, 2.75) is 25.3 Å². The van der Waals surface area contributed by atoms with Gasteiger partial charge in [0.1, 0.15) is 0 Å². The summed E-state index contributed by atoms with van der Waals surface area (Å²) in [5.41, 5.74) is 0. The quantitative estimate of drug-likeness (QED) is 0.738. The molecule has 0 aliphatic carbocycles. The van der Waals surface area contributed by atoms with Crippen LogP contribution in [-0.2, 0) is 21.3 Å². The summed E-state index contributed by atoms with van der Waals surface area (Å²) < 4.78 is 31.4. The van der Waals surface area contributed by atoms with E-state index in [4.69, 9.17) is 4.74 Å². The maximum absolute atomic E-state index is 12.4. The van der Waals surface area contributed by atoms with Crippen molar-refractivity contribution >= 4 is 21.4 Å². The minimum atomic E-state index is -3.41. The van der Waals surface area contributed by atoms with Crippen molar-refractivity contribution in [3.8, 4) is 0 Å². The Labute approximate surface area is 119 Å². The lowest BCUT2D eigenvalue weighted by Crippen LogP contribution is -2.30. The van der Waals surface area contributed by atoms with Gasteiger partial charge in [0.25, 0.3) is 0 Å². The van der Waals surface area contributed by atoms with Crippen molar-refractivity contribution in [1.29, 1.82) is 0 Å². The van der Waals surface area contributed by atoms with Gasteiger partial charge in [-0.15, -0.1) is 11.3 Å². The number of likely N-dealkylation sites (N-methyl/N-ethyl adjacent to an activating group) is 1. The zero-order valence-electron chi connectivity index (χ0n) is 11.9. The molecular formula is C12H22N2O3S2. The van der Waals surface area contributed by atoms with E-state index in [2.05, 4.69) is 5.32 Å². The first-order valence-electron chi connectivity index (χ1n) is 6.21. The summed E-state index contributed by atoms with van der Waals surface area (Å²) in [6.45, 7) is 5.79. The molecule has 1 aromatic rings. The molecule has 1 N–H and O–H groups in total. The van der Waals surface area contributed by atoms with Crippen LogP contribution in [0.1, 0.15) is 16.7 Å². The van der Waals surface area contributed by atoms with Gasteiger partial charge in [0.05, 0.1) is 11.5 Å². The highest BCUT2D eigenvalue weighted by Gasteiger charge is 2.24. The third kappa shape index (κ3) is 4.25. The van der Waals surface area contributed by atoms with E-state index in [1.54, 1.807) is 13.1 Å². The molecule has 0 spiro atoms. The van der Waals surface area contributed by atoms with Gasteiger partial charge in [-0.1, -0.05) is 0 Å². The van der Waals surface area contributed by atoms with Gasteiger partial charge in [-0.3, -0.25) is 0 Å². The molecule has 19 heavy (non-hydrogen) atoms. The number of hydrogen-bond donors (Lipinski definition) is 1. The number of hydrogen-bond acceptors (Lipinski definition) is 5. The lowest BCUT2D eigenvalue weighted by Gasteiger charge is -2.16. The fourth-order valence-corrected chi connectivity index (χ4v) is 4.43. The Morgan fingerprint density at radius 1 is 1.47 bits per heavy atom. The Kier molecular flexibility index (Phi) is 6.41. The first kappa shape index (κ1) is 16.6. The Bertz CT molecular complexity index is 497. The molecule has 0 aromatic carbocycles. The van der Waals surface area contributed by atoms with Crippen LogP contribution in [0.5, 0.6) is 0 Å². The zero-order chi connectivity index (χ0) is 14.5. The number of nitrogens with one attached hydrogen (secondary N) is 1. The van der Waals surface area contributed by atoms with Crippen LogP contribution in [-0.4, -0.2) is 46.6 Å². The number of rotatable bonds is 8. The van der Waals surface area contributed by atoms with Crippen molar-refractivity contribution in [2.24, 2.45) is 0 Å². The molecule has 0 amide bonds. The molecule has 1 heterocycles. The van der Waals surface area contributed by atoms with E-state index in [9.17, 15) is 8.42 Å². The summed E-state index contributed by atoms with van der Waals surface area (Å²) in [5, 5.41) is 3.03. The van der Waals surface area contributed by atoms with Crippen molar-refractivity contribution in [2.75, 3.05) is 33.9 Å². The second kappa shape index (κ2) is 7.35. The van der Waals surface area contributed by atoms with E-state index in [-0.39, 0.29) is 0 Å². The van der Waals surface area contributed by atoms with Crippen LogP contribution >= 0.6 is 11.3 Å². The van der Waals surface area contributed by atoms with Gasteiger partial charge in [-0.05, 0) is 27.0 Å². The summed E-state index contributed by atoms with van der Waals surface area (Å²) in [7, 11) is 0.0196. The van der Waals surface area contributed by atoms with Crippen LogP contribution in [0.2, 0.25) is 0 Å². The molecule has 5 nitrogen and oxygen atoms in total. The standard InChI is InChI=1S/C12H22N2O3S2/c1-5-17-7-6-14(4)19(15,16)12-8-11(9-13-3)18-10(12)2/h8,13H,5-7,9H2,1-4H3. The molecule has 7 heteroatoms. The second-order valence-corrected chi connectivity index (χ2v) is 7.54. The molecule has 1 rings (SSSR count). The molecule has 0 bridgehead atoms. The van der Waals surface area contributed by atoms with Gasteiger partial charge in [0, 0.05) is 36.5 Å². The van der Waals surface area contributed by atoms with E-state index in [0.29, 0.717) is 31.2 Å². The van der Waals surface area contributed by atoms with Crippen LogP contribution in [0.25, 0.3) is 0 Å².